The molecule has 0 saturated heterocycles. The number of nitrogens with one attached hydrogen (secondary N) is 1. The van der Waals surface area contributed by atoms with Crippen molar-refractivity contribution in [2.75, 3.05) is 18.1 Å². The van der Waals surface area contributed by atoms with Crippen molar-refractivity contribution in [1.82, 2.24) is 5.32 Å². The predicted octanol–water partition coefficient (Wildman–Crippen LogP) is 2.39. The van der Waals surface area contributed by atoms with Gasteiger partial charge in [-0.1, -0.05) is 21.6 Å². The van der Waals surface area contributed by atoms with E-state index in [0.29, 0.717) is 18.1 Å². The number of carbonyl (C=O) groups excluding carboxylic acids is 1. The van der Waals surface area contributed by atoms with Gasteiger partial charge in [0, 0.05) is 36.8 Å². The summed E-state index contributed by atoms with van der Waals surface area (Å²) in [4.78, 5) is 21.8. The van der Waals surface area contributed by atoms with Crippen molar-refractivity contribution < 1.29 is 23.5 Å². The average Bonchev–Trinajstić information content (AvgIpc) is 2.68. The number of hydrogen-bond acceptors (Lipinski definition) is 4. The first kappa shape index (κ1) is 16.6. The predicted molar refractivity (Wildman–Crippen MR) is 72.5 cm³/mol. The largest absolute Gasteiger partial charge is 0.481 e. The quantitative estimate of drug-likeness (QED) is 0.532. The van der Waals surface area contributed by atoms with Gasteiger partial charge in [0.2, 0.25) is 11.8 Å². The molecule has 1 aliphatic rings. The van der Waals surface area contributed by atoms with Gasteiger partial charge in [0.05, 0.1) is 6.42 Å². The molecule has 0 aliphatic heterocycles. The summed E-state index contributed by atoms with van der Waals surface area (Å²) in [5.74, 6) is -3.23. The van der Waals surface area contributed by atoms with Gasteiger partial charge >= 0.3 is 5.97 Å². The van der Waals surface area contributed by atoms with Gasteiger partial charge in [-0.2, -0.15) is 0 Å². The van der Waals surface area contributed by atoms with Crippen LogP contribution in [0.3, 0.4) is 0 Å². The maximum absolute atomic E-state index is 12.9. The zero-order chi connectivity index (χ0) is 14.3. The molecular weight excluding hydrogens is 296 g/mol. The first-order valence-electron chi connectivity index (χ1n) is 6.02. The van der Waals surface area contributed by atoms with Gasteiger partial charge in [0.25, 0.3) is 0 Å². The van der Waals surface area contributed by atoms with E-state index in [9.17, 15) is 18.4 Å². The fourth-order valence-electron chi connectivity index (χ4n) is 1.78. The molecule has 1 aliphatic carbocycles. The van der Waals surface area contributed by atoms with E-state index in [-0.39, 0.29) is 31.6 Å². The Labute approximate surface area is 118 Å². The van der Waals surface area contributed by atoms with Gasteiger partial charge in [-0.25, -0.2) is 8.78 Å². The second-order valence-electron chi connectivity index (χ2n) is 4.37. The molecule has 1 fully saturated rings. The molecule has 110 valence electrons. The van der Waals surface area contributed by atoms with E-state index in [0.717, 1.165) is 0 Å². The normalized spacial score (nSPS) is 21.3. The fourth-order valence-corrected chi connectivity index (χ4v) is 3.67. The van der Waals surface area contributed by atoms with Crippen LogP contribution in [0.25, 0.3) is 0 Å². The summed E-state index contributed by atoms with van der Waals surface area (Å²) in [7, 11) is 2.90. The summed E-state index contributed by atoms with van der Waals surface area (Å²) in [6.07, 6.45) is -0.190. The van der Waals surface area contributed by atoms with Crippen molar-refractivity contribution in [2.45, 2.75) is 31.6 Å². The lowest BCUT2D eigenvalue weighted by Crippen LogP contribution is -2.31. The molecule has 0 bridgehead atoms. The molecule has 1 atom stereocenters. The molecule has 0 spiro atoms. The third kappa shape index (κ3) is 7.00. The molecule has 1 rings (SSSR count). The molecule has 0 heterocycles. The van der Waals surface area contributed by atoms with E-state index in [1.807, 2.05) is 0 Å². The zero-order valence-electron chi connectivity index (χ0n) is 10.4. The van der Waals surface area contributed by atoms with Crippen molar-refractivity contribution in [3.05, 3.63) is 0 Å². The van der Waals surface area contributed by atoms with Gasteiger partial charge in [-0.15, -0.1) is 0 Å². The van der Waals surface area contributed by atoms with E-state index in [4.69, 9.17) is 5.11 Å². The number of carboxylic acid groups (broad SMARTS) is 1. The fraction of sp³-hybridized carbons (Fsp3) is 0.818. The Balaban J connectivity index is 2.01. The van der Waals surface area contributed by atoms with Gasteiger partial charge in [0.15, 0.2) is 0 Å². The SMILES string of the molecule is O=C(O)CCSSCCNC(=O)C1CCC(F)(F)C1. The van der Waals surface area contributed by atoms with Crippen molar-refractivity contribution in [1.29, 1.82) is 0 Å². The number of alkyl halides is 2. The number of aliphatic carboxylic acids is 1. The molecule has 0 aromatic rings. The van der Waals surface area contributed by atoms with Crippen LogP contribution in [0.15, 0.2) is 0 Å². The Morgan fingerprint density at radius 2 is 2.00 bits per heavy atom. The number of rotatable bonds is 8. The highest BCUT2D eigenvalue weighted by Gasteiger charge is 2.42. The third-order valence-corrected chi connectivity index (χ3v) is 5.15. The van der Waals surface area contributed by atoms with Crippen molar-refractivity contribution in [3.63, 3.8) is 0 Å². The Hall–Kier alpha value is -0.500. The number of amides is 1. The summed E-state index contributed by atoms with van der Waals surface area (Å²) >= 11 is 0. The van der Waals surface area contributed by atoms with Crippen LogP contribution < -0.4 is 5.32 Å². The van der Waals surface area contributed by atoms with Gasteiger partial charge in [-0.3, -0.25) is 9.59 Å². The van der Waals surface area contributed by atoms with E-state index in [1.165, 1.54) is 21.6 Å². The molecule has 8 heteroatoms. The maximum atomic E-state index is 12.9. The molecule has 4 nitrogen and oxygen atoms in total. The third-order valence-electron chi connectivity index (χ3n) is 2.74. The van der Waals surface area contributed by atoms with E-state index < -0.39 is 17.8 Å². The minimum atomic E-state index is -2.69. The summed E-state index contributed by atoms with van der Waals surface area (Å²) in [6.45, 7) is 0.422. The lowest BCUT2D eigenvalue weighted by atomic mass is 10.1. The molecule has 1 saturated carbocycles. The van der Waals surface area contributed by atoms with E-state index in [1.54, 1.807) is 0 Å². The molecule has 0 radical (unpaired) electrons. The van der Waals surface area contributed by atoms with Gasteiger partial charge in [-0.05, 0) is 6.42 Å². The molecule has 0 aromatic heterocycles. The highest BCUT2D eigenvalue weighted by molar-refractivity contribution is 8.76. The molecular formula is C11H17F2NO3S2. The number of hydrogen-bond donors (Lipinski definition) is 2. The average molecular weight is 313 g/mol. The van der Waals surface area contributed by atoms with E-state index in [2.05, 4.69) is 5.32 Å². The Bertz CT molecular complexity index is 329. The highest BCUT2D eigenvalue weighted by atomic mass is 33.1. The van der Waals surface area contributed by atoms with Crippen LogP contribution in [0, 0.1) is 5.92 Å². The smallest absolute Gasteiger partial charge is 0.304 e. The van der Waals surface area contributed by atoms with Gasteiger partial charge < -0.3 is 10.4 Å². The molecule has 1 amide bonds. The Morgan fingerprint density at radius 1 is 1.32 bits per heavy atom. The number of carbonyl (C=O) groups is 2. The lowest BCUT2D eigenvalue weighted by molar-refractivity contribution is -0.136. The van der Waals surface area contributed by atoms with Crippen LogP contribution in [0.5, 0.6) is 0 Å². The maximum Gasteiger partial charge on any atom is 0.304 e. The van der Waals surface area contributed by atoms with Crippen molar-refractivity contribution >= 4 is 33.5 Å². The van der Waals surface area contributed by atoms with Crippen LogP contribution in [0.1, 0.15) is 25.7 Å². The van der Waals surface area contributed by atoms with E-state index >= 15 is 0 Å². The minimum Gasteiger partial charge on any atom is -0.481 e. The van der Waals surface area contributed by atoms with Crippen molar-refractivity contribution in [3.8, 4) is 0 Å². The van der Waals surface area contributed by atoms with Gasteiger partial charge in [0.1, 0.15) is 0 Å². The molecule has 1 unspecified atom stereocenters. The Morgan fingerprint density at radius 3 is 2.58 bits per heavy atom. The summed E-state index contributed by atoms with van der Waals surface area (Å²) in [6, 6.07) is 0. The van der Waals surface area contributed by atoms with Crippen LogP contribution in [-0.4, -0.2) is 41.0 Å². The second-order valence-corrected chi connectivity index (χ2v) is 7.08. The summed E-state index contributed by atoms with van der Waals surface area (Å²) in [5.41, 5.74) is 0. The lowest BCUT2D eigenvalue weighted by Gasteiger charge is -2.11. The van der Waals surface area contributed by atoms with Crippen LogP contribution in [0.4, 0.5) is 8.78 Å². The molecule has 2 N–H and O–H groups in total. The Kier molecular flexibility index (Phi) is 6.92. The number of carboxylic acids is 1. The first-order valence-corrected chi connectivity index (χ1v) is 8.51. The van der Waals surface area contributed by atoms with Crippen LogP contribution in [-0.2, 0) is 9.59 Å². The monoisotopic (exact) mass is 313 g/mol. The minimum absolute atomic E-state index is 0.112. The zero-order valence-corrected chi connectivity index (χ0v) is 12.0. The number of halogens is 2. The molecule has 0 aromatic carbocycles. The summed E-state index contributed by atoms with van der Waals surface area (Å²) < 4.78 is 25.8. The topological polar surface area (TPSA) is 66.4 Å². The first-order chi connectivity index (χ1) is 8.91. The van der Waals surface area contributed by atoms with Crippen molar-refractivity contribution in [2.24, 2.45) is 5.92 Å². The van der Waals surface area contributed by atoms with Crippen LogP contribution in [0.2, 0.25) is 0 Å². The summed E-state index contributed by atoms with van der Waals surface area (Å²) in [5, 5.41) is 11.1. The molecule has 19 heavy (non-hydrogen) atoms. The second kappa shape index (κ2) is 7.94. The van der Waals surface area contributed by atoms with Crippen LogP contribution >= 0.6 is 21.6 Å². The standard InChI is InChI=1S/C11H17F2NO3S2/c12-11(13)3-1-8(7-11)10(17)14-4-6-19-18-5-2-9(15)16/h8H,1-7H2,(H,14,17)(H,15,16). The highest BCUT2D eigenvalue weighted by Crippen LogP contribution is 2.38.